The lowest BCUT2D eigenvalue weighted by Gasteiger charge is -1.94. The molecule has 56 valence electrons. The fourth-order valence-corrected chi connectivity index (χ4v) is 0.951. The van der Waals surface area contributed by atoms with Crippen molar-refractivity contribution in [2.75, 3.05) is 5.73 Å². The fourth-order valence-electron chi connectivity index (χ4n) is 0.714. The molecule has 0 aliphatic heterocycles. The highest BCUT2D eigenvalue weighted by Crippen LogP contribution is 2.21. The molecule has 0 saturated heterocycles. The summed E-state index contributed by atoms with van der Waals surface area (Å²) in [6.45, 7) is 0. The van der Waals surface area contributed by atoms with Crippen LogP contribution in [-0.4, -0.2) is 6.08 Å². The highest BCUT2D eigenvalue weighted by atomic mass is 35.5. The molecule has 0 unspecified atom stereocenters. The van der Waals surface area contributed by atoms with Crippen molar-refractivity contribution < 1.29 is 4.79 Å². The van der Waals surface area contributed by atoms with Gasteiger partial charge in [0.15, 0.2) is 0 Å². The third kappa shape index (κ3) is 2.08. The van der Waals surface area contributed by atoms with Crippen LogP contribution in [0, 0.1) is 0 Å². The predicted molar refractivity (Wildman–Crippen MR) is 43.6 cm³/mol. The number of benzene rings is 1. The van der Waals surface area contributed by atoms with Crippen LogP contribution in [0.1, 0.15) is 0 Å². The number of nitrogen functional groups attached to an aromatic ring is 1. The maximum atomic E-state index is 9.82. The molecular weight excluding hydrogens is 164 g/mol. The van der Waals surface area contributed by atoms with Gasteiger partial charge in [-0.1, -0.05) is 11.6 Å². The van der Waals surface area contributed by atoms with Crippen LogP contribution < -0.4 is 5.73 Å². The molecule has 3 nitrogen and oxygen atoms in total. The molecule has 4 heteroatoms. The van der Waals surface area contributed by atoms with E-state index in [2.05, 4.69) is 4.99 Å². The second kappa shape index (κ2) is 3.19. The molecule has 0 aromatic heterocycles. The molecule has 0 radical (unpaired) electrons. The molecule has 0 fully saturated rings. The molecule has 0 spiro atoms. The lowest BCUT2D eigenvalue weighted by Crippen LogP contribution is -1.82. The first-order valence-corrected chi connectivity index (χ1v) is 3.24. The molecule has 2 N–H and O–H groups in total. The molecule has 0 aliphatic carbocycles. The van der Waals surface area contributed by atoms with Gasteiger partial charge < -0.3 is 5.73 Å². The van der Waals surface area contributed by atoms with Gasteiger partial charge in [0.25, 0.3) is 0 Å². The number of hydrogen-bond donors (Lipinski definition) is 1. The number of carbonyl (C=O) groups excluding carboxylic acids is 1. The van der Waals surface area contributed by atoms with Gasteiger partial charge in [0, 0.05) is 10.7 Å². The minimum Gasteiger partial charge on any atom is -0.399 e. The molecule has 11 heavy (non-hydrogen) atoms. The van der Waals surface area contributed by atoms with Gasteiger partial charge in [0.2, 0.25) is 6.08 Å². The minimum absolute atomic E-state index is 0.421. The van der Waals surface area contributed by atoms with Gasteiger partial charge >= 0.3 is 0 Å². The van der Waals surface area contributed by atoms with Gasteiger partial charge in [0.1, 0.15) is 0 Å². The van der Waals surface area contributed by atoms with Crippen LogP contribution in [-0.2, 0) is 4.79 Å². The van der Waals surface area contributed by atoms with Crippen LogP contribution in [0.5, 0.6) is 0 Å². The smallest absolute Gasteiger partial charge is 0.240 e. The topological polar surface area (TPSA) is 55.4 Å². The van der Waals surface area contributed by atoms with Crippen molar-refractivity contribution in [3.63, 3.8) is 0 Å². The second-order valence-electron chi connectivity index (χ2n) is 1.95. The number of isocyanates is 1. The van der Waals surface area contributed by atoms with Crippen LogP contribution >= 0.6 is 11.6 Å². The summed E-state index contributed by atoms with van der Waals surface area (Å²) in [7, 11) is 0. The molecule has 1 rings (SSSR count). The largest absolute Gasteiger partial charge is 0.399 e. The van der Waals surface area contributed by atoms with Crippen LogP contribution in [0.3, 0.4) is 0 Å². The van der Waals surface area contributed by atoms with Crippen molar-refractivity contribution in [3.05, 3.63) is 23.2 Å². The third-order valence-electron chi connectivity index (χ3n) is 1.08. The molecule has 0 atom stereocenters. The summed E-state index contributed by atoms with van der Waals surface area (Å²) in [5, 5.41) is 0.457. The van der Waals surface area contributed by atoms with E-state index < -0.39 is 0 Å². The number of aliphatic imine (C=N–C) groups is 1. The van der Waals surface area contributed by atoms with Crippen LogP contribution in [0.25, 0.3) is 0 Å². The number of nitrogens with zero attached hydrogens (tertiary/aromatic N) is 1. The fraction of sp³-hybridized carbons (Fsp3) is 0. The van der Waals surface area contributed by atoms with E-state index in [0.717, 1.165) is 0 Å². The SMILES string of the molecule is Nc1cc(Cl)cc(N=C=O)c1. The summed E-state index contributed by atoms with van der Waals surface area (Å²) in [6.07, 6.45) is 1.40. The standard InChI is InChI=1S/C7H5ClN2O/c8-5-1-6(9)3-7(2-5)10-4-11/h1-3H,9H2. The molecule has 0 aliphatic rings. The van der Waals surface area contributed by atoms with Gasteiger partial charge in [0.05, 0.1) is 5.69 Å². The number of rotatable bonds is 1. The Labute approximate surface area is 68.5 Å². The zero-order chi connectivity index (χ0) is 8.27. The average Bonchev–Trinajstić information content (AvgIpc) is 1.85. The van der Waals surface area contributed by atoms with E-state index in [1.807, 2.05) is 0 Å². The third-order valence-corrected chi connectivity index (χ3v) is 1.30. The minimum atomic E-state index is 0.421. The van der Waals surface area contributed by atoms with E-state index in [1.165, 1.54) is 18.2 Å². The Morgan fingerprint density at radius 2 is 2.18 bits per heavy atom. The molecule has 0 heterocycles. The number of anilines is 1. The van der Waals surface area contributed by atoms with Crippen LogP contribution in [0.2, 0.25) is 5.02 Å². The van der Waals surface area contributed by atoms with Crippen molar-refractivity contribution in [2.24, 2.45) is 4.99 Å². The van der Waals surface area contributed by atoms with E-state index in [-0.39, 0.29) is 0 Å². The van der Waals surface area contributed by atoms with Crippen molar-refractivity contribution in [1.29, 1.82) is 0 Å². The van der Waals surface area contributed by atoms with E-state index in [1.54, 1.807) is 6.07 Å². The molecule has 0 amide bonds. The predicted octanol–water partition coefficient (Wildman–Crippen LogP) is 1.89. The first-order chi connectivity index (χ1) is 5.22. The van der Waals surface area contributed by atoms with Crippen molar-refractivity contribution in [2.45, 2.75) is 0 Å². The second-order valence-corrected chi connectivity index (χ2v) is 2.38. The van der Waals surface area contributed by atoms with Crippen molar-refractivity contribution in [3.8, 4) is 0 Å². The summed E-state index contributed by atoms with van der Waals surface area (Å²) in [6, 6.07) is 4.64. The Morgan fingerprint density at radius 3 is 2.73 bits per heavy atom. The summed E-state index contributed by atoms with van der Waals surface area (Å²) in [5.41, 5.74) is 6.31. The zero-order valence-corrected chi connectivity index (χ0v) is 6.30. The maximum absolute atomic E-state index is 9.82. The Bertz CT molecular complexity index is 298. The van der Waals surface area contributed by atoms with Crippen molar-refractivity contribution in [1.82, 2.24) is 0 Å². The Balaban J connectivity index is 3.18. The van der Waals surface area contributed by atoms with Gasteiger partial charge in [-0.2, -0.15) is 4.99 Å². The van der Waals surface area contributed by atoms with Crippen LogP contribution in [0.4, 0.5) is 11.4 Å². The number of hydrogen-bond acceptors (Lipinski definition) is 3. The molecule has 0 bridgehead atoms. The molecular formula is C7H5ClN2O. The first-order valence-electron chi connectivity index (χ1n) is 2.86. The number of nitrogens with two attached hydrogens (primary N) is 1. The molecule has 1 aromatic carbocycles. The summed E-state index contributed by atoms with van der Waals surface area (Å²) in [4.78, 5) is 13.2. The average molecular weight is 169 g/mol. The molecule has 0 saturated carbocycles. The van der Waals surface area contributed by atoms with E-state index in [0.29, 0.717) is 16.4 Å². The van der Waals surface area contributed by atoms with E-state index in [9.17, 15) is 4.79 Å². The zero-order valence-electron chi connectivity index (χ0n) is 5.54. The van der Waals surface area contributed by atoms with Gasteiger partial charge in [-0.3, -0.25) is 0 Å². The number of halogens is 1. The maximum Gasteiger partial charge on any atom is 0.240 e. The van der Waals surface area contributed by atoms with Gasteiger partial charge in [-0.05, 0) is 18.2 Å². The van der Waals surface area contributed by atoms with Gasteiger partial charge in [-0.15, -0.1) is 0 Å². The summed E-state index contributed by atoms with van der Waals surface area (Å²) < 4.78 is 0. The Morgan fingerprint density at radius 1 is 1.45 bits per heavy atom. The Kier molecular flexibility index (Phi) is 2.26. The van der Waals surface area contributed by atoms with Gasteiger partial charge in [-0.25, -0.2) is 4.79 Å². The van der Waals surface area contributed by atoms with E-state index in [4.69, 9.17) is 17.3 Å². The summed E-state index contributed by atoms with van der Waals surface area (Å²) >= 11 is 5.62. The normalized spacial score (nSPS) is 8.82. The van der Waals surface area contributed by atoms with E-state index >= 15 is 0 Å². The Hall–Kier alpha value is -1.31. The lowest BCUT2D eigenvalue weighted by atomic mass is 10.3. The molecule has 1 aromatic rings. The van der Waals surface area contributed by atoms with Crippen LogP contribution in [0.15, 0.2) is 23.2 Å². The highest BCUT2D eigenvalue weighted by molar-refractivity contribution is 6.31. The van der Waals surface area contributed by atoms with Crippen molar-refractivity contribution >= 4 is 29.1 Å². The lowest BCUT2D eigenvalue weighted by molar-refractivity contribution is 0.565. The summed E-state index contributed by atoms with van der Waals surface area (Å²) in [5.74, 6) is 0. The first kappa shape index (κ1) is 7.79. The monoisotopic (exact) mass is 168 g/mol. The highest BCUT2D eigenvalue weighted by Gasteiger charge is 1.93. The quantitative estimate of drug-likeness (QED) is 0.396.